The molecule has 0 aliphatic carbocycles. The lowest BCUT2D eigenvalue weighted by atomic mass is 10.1. The Hall–Kier alpha value is -2.56. The molecule has 0 atom stereocenters. The van der Waals surface area contributed by atoms with E-state index in [4.69, 9.17) is 4.42 Å². The molecule has 0 bridgehead atoms. The highest BCUT2D eigenvalue weighted by molar-refractivity contribution is 6.00. The molecule has 0 radical (unpaired) electrons. The Bertz CT molecular complexity index is 682. The third kappa shape index (κ3) is 4.04. The molecule has 0 saturated carbocycles. The predicted octanol–water partition coefficient (Wildman–Crippen LogP) is 3.81. The van der Waals surface area contributed by atoms with E-state index in [0.29, 0.717) is 0 Å². The second-order valence-corrected chi connectivity index (χ2v) is 6.06. The molecule has 1 aromatic heterocycles. The number of carbonyl (C=O) groups excluding carboxylic acids is 1. The van der Waals surface area contributed by atoms with Gasteiger partial charge in [-0.05, 0) is 49.6 Å². The smallest absolute Gasteiger partial charge is 0.307 e. The largest absolute Gasteiger partial charge is 0.459 e. The molecule has 1 aliphatic heterocycles. The van der Waals surface area contributed by atoms with Crippen LogP contribution in [-0.2, 0) is 0 Å². The summed E-state index contributed by atoms with van der Waals surface area (Å²) < 4.78 is 5.04. The predicted molar refractivity (Wildman–Crippen MR) is 95.5 cm³/mol. The second kappa shape index (κ2) is 7.81. The van der Waals surface area contributed by atoms with Crippen LogP contribution in [0.5, 0.6) is 0 Å². The minimum Gasteiger partial charge on any atom is -0.459 e. The van der Waals surface area contributed by atoms with Crippen LogP contribution >= 0.6 is 0 Å². The van der Waals surface area contributed by atoms with Crippen LogP contribution < -0.4 is 10.3 Å². The first-order valence-corrected chi connectivity index (χ1v) is 8.47. The summed E-state index contributed by atoms with van der Waals surface area (Å²) in [4.78, 5) is 14.3. The number of rotatable bonds is 4. The highest BCUT2D eigenvalue weighted by Crippen LogP contribution is 2.20. The number of anilines is 1. The number of hydrogen-bond donors (Lipinski definition) is 1. The lowest BCUT2D eigenvalue weighted by Gasteiger charge is -2.22. The van der Waals surface area contributed by atoms with Crippen LogP contribution in [0.4, 0.5) is 5.69 Å². The van der Waals surface area contributed by atoms with E-state index >= 15 is 0 Å². The molecule has 1 amide bonds. The van der Waals surface area contributed by atoms with E-state index in [1.807, 2.05) is 6.92 Å². The van der Waals surface area contributed by atoms with Crippen molar-refractivity contribution in [2.45, 2.75) is 32.6 Å². The number of carbonyl (C=O) groups is 1. The lowest BCUT2D eigenvalue weighted by molar-refractivity contribution is 0.0927. The second-order valence-electron chi connectivity index (χ2n) is 6.06. The number of amides is 1. The average Bonchev–Trinajstić information content (AvgIpc) is 3.02. The van der Waals surface area contributed by atoms with Gasteiger partial charge in [-0.2, -0.15) is 5.10 Å². The van der Waals surface area contributed by atoms with Crippen LogP contribution in [0, 0.1) is 0 Å². The Kier molecular flexibility index (Phi) is 5.31. The Balaban J connectivity index is 1.63. The van der Waals surface area contributed by atoms with Crippen molar-refractivity contribution in [3.05, 3.63) is 54.0 Å². The number of nitrogens with one attached hydrogen (secondary N) is 1. The molecule has 1 N–H and O–H groups in total. The zero-order valence-electron chi connectivity index (χ0n) is 14.0. The molecule has 1 saturated heterocycles. The van der Waals surface area contributed by atoms with E-state index in [9.17, 15) is 4.79 Å². The molecule has 126 valence electrons. The van der Waals surface area contributed by atoms with E-state index in [2.05, 4.69) is 39.7 Å². The van der Waals surface area contributed by atoms with E-state index < -0.39 is 0 Å². The molecular weight excluding hydrogens is 302 g/mol. The standard InChI is InChI=1S/C19H23N3O2/c1-15(20-21-19(23)18-7-6-14-24-18)16-8-10-17(11-9-16)22-12-4-2-3-5-13-22/h6-11,14H,2-5,12-13H2,1H3,(H,21,23)/b20-15-. The fraction of sp³-hybridized carbons (Fsp3) is 0.368. The summed E-state index contributed by atoms with van der Waals surface area (Å²) >= 11 is 0. The van der Waals surface area contributed by atoms with Gasteiger partial charge in [0, 0.05) is 18.8 Å². The van der Waals surface area contributed by atoms with Gasteiger partial charge in [-0.3, -0.25) is 4.79 Å². The number of benzene rings is 1. The van der Waals surface area contributed by atoms with E-state index in [1.165, 1.54) is 37.6 Å². The van der Waals surface area contributed by atoms with Crippen molar-refractivity contribution in [3.8, 4) is 0 Å². The van der Waals surface area contributed by atoms with Crippen molar-refractivity contribution >= 4 is 17.3 Å². The van der Waals surface area contributed by atoms with Crippen molar-refractivity contribution < 1.29 is 9.21 Å². The molecule has 1 aromatic carbocycles. The van der Waals surface area contributed by atoms with Gasteiger partial charge in [-0.25, -0.2) is 5.43 Å². The maximum atomic E-state index is 11.8. The van der Waals surface area contributed by atoms with Gasteiger partial charge in [0.1, 0.15) is 0 Å². The highest BCUT2D eigenvalue weighted by Gasteiger charge is 2.10. The summed E-state index contributed by atoms with van der Waals surface area (Å²) in [5.74, 6) is -0.0939. The molecule has 0 spiro atoms. The first kappa shape index (κ1) is 16.3. The first-order valence-electron chi connectivity index (χ1n) is 8.47. The fourth-order valence-electron chi connectivity index (χ4n) is 2.90. The molecule has 5 nitrogen and oxygen atoms in total. The number of nitrogens with zero attached hydrogens (tertiary/aromatic N) is 2. The zero-order valence-corrected chi connectivity index (χ0v) is 14.0. The van der Waals surface area contributed by atoms with Crippen molar-refractivity contribution in [3.63, 3.8) is 0 Å². The Morgan fingerprint density at radius 3 is 2.42 bits per heavy atom. The third-order valence-electron chi connectivity index (χ3n) is 4.33. The van der Waals surface area contributed by atoms with E-state index in [1.54, 1.807) is 12.1 Å². The van der Waals surface area contributed by atoms with Gasteiger partial charge >= 0.3 is 5.91 Å². The highest BCUT2D eigenvalue weighted by atomic mass is 16.3. The quantitative estimate of drug-likeness (QED) is 0.687. The molecule has 1 fully saturated rings. The zero-order chi connectivity index (χ0) is 16.8. The summed E-state index contributed by atoms with van der Waals surface area (Å²) in [6.45, 7) is 4.14. The van der Waals surface area contributed by atoms with Gasteiger partial charge in [0.15, 0.2) is 5.76 Å². The lowest BCUT2D eigenvalue weighted by Crippen LogP contribution is -2.23. The minimum atomic E-state index is -0.347. The average molecular weight is 325 g/mol. The summed E-state index contributed by atoms with van der Waals surface area (Å²) in [6, 6.07) is 11.7. The molecule has 0 unspecified atom stereocenters. The number of hydrogen-bond acceptors (Lipinski definition) is 4. The molecule has 1 aliphatic rings. The van der Waals surface area contributed by atoms with Crippen molar-refractivity contribution in [1.82, 2.24) is 5.43 Å². The van der Waals surface area contributed by atoms with Gasteiger partial charge < -0.3 is 9.32 Å². The van der Waals surface area contributed by atoms with Gasteiger partial charge in [0.2, 0.25) is 0 Å². The normalized spacial score (nSPS) is 15.9. The van der Waals surface area contributed by atoms with Crippen molar-refractivity contribution in [1.29, 1.82) is 0 Å². The van der Waals surface area contributed by atoms with Gasteiger partial charge in [-0.15, -0.1) is 0 Å². The van der Waals surface area contributed by atoms with Gasteiger partial charge in [-0.1, -0.05) is 25.0 Å². The van der Waals surface area contributed by atoms with E-state index in [-0.39, 0.29) is 11.7 Å². The van der Waals surface area contributed by atoms with Crippen LogP contribution in [0.15, 0.2) is 52.2 Å². The summed E-state index contributed by atoms with van der Waals surface area (Å²) in [5.41, 5.74) is 5.53. The maximum Gasteiger partial charge on any atom is 0.307 e. The minimum absolute atomic E-state index is 0.253. The van der Waals surface area contributed by atoms with Crippen LogP contribution in [0.3, 0.4) is 0 Å². The molecule has 2 heterocycles. The van der Waals surface area contributed by atoms with E-state index in [0.717, 1.165) is 24.4 Å². The maximum absolute atomic E-state index is 11.8. The Morgan fingerprint density at radius 1 is 1.08 bits per heavy atom. The van der Waals surface area contributed by atoms with Gasteiger partial charge in [0.05, 0.1) is 12.0 Å². The van der Waals surface area contributed by atoms with Crippen molar-refractivity contribution in [2.75, 3.05) is 18.0 Å². The van der Waals surface area contributed by atoms with Crippen LogP contribution in [0.2, 0.25) is 0 Å². The first-order chi connectivity index (χ1) is 11.7. The summed E-state index contributed by atoms with van der Waals surface area (Å²) in [6.07, 6.45) is 6.65. The molecular formula is C19H23N3O2. The topological polar surface area (TPSA) is 57.8 Å². The summed E-state index contributed by atoms with van der Waals surface area (Å²) in [7, 11) is 0. The Morgan fingerprint density at radius 2 is 1.79 bits per heavy atom. The summed E-state index contributed by atoms with van der Waals surface area (Å²) in [5, 5.41) is 4.15. The monoisotopic (exact) mass is 325 g/mol. The van der Waals surface area contributed by atoms with Crippen LogP contribution in [0.25, 0.3) is 0 Å². The SMILES string of the molecule is C/C(=N/NC(=O)c1ccco1)c1ccc(N2CCCCCC2)cc1. The molecule has 5 heteroatoms. The fourth-order valence-corrected chi connectivity index (χ4v) is 2.90. The molecule has 2 aromatic rings. The number of hydrazone groups is 1. The molecule has 24 heavy (non-hydrogen) atoms. The van der Waals surface area contributed by atoms with Crippen LogP contribution in [-0.4, -0.2) is 24.7 Å². The van der Waals surface area contributed by atoms with Gasteiger partial charge in [0.25, 0.3) is 0 Å². The van der Waals surface area contributed by atoms with Crippen LogP contribution in [0.1, 0.15) is 48.7 Å². The molecule has 3 rings (SSSR count). The van der Waals surface area contributed by atoms with Crippen molar-refractivity contribution in [2.24, 2.45) is 5.10 Å². The third-order valence-corrected chi connectivity index (χ3v) is 4.33. The number of furan rings is 1. The Labute approximate surface area is 142 Å².